The van der Waals surface area contributed by atoms with Crippen molar-refractivity contribution < 1.29 is 4.79 Å². The van der Waals surface area contributed by atoms with Gasteiger partial charge in [-0.15, -0.1) is 11.3 Å². The highest BCUT2D eigenvalue weighted by Crippen LogP contribution is 2.26. The highest BCUT2D eigenvalue weighted by atomic mass is 32.1. The van der Waals surface area contributed by atoms with E-state index in [0.29, 0.717) is 12.5 Å². The summed E-state index contributed by atoms with van der Waals surface area (Å²) < 4.78 is 1.56. The molecule has 0 aliphatic heterocycles. The summed E-state index contributed by atoms with van der Waals surface area (Å²) in [6.07, 6.45) is 3.39. The molecule has 2 heterocycles. The van der Waals surface area contributed by atoms with Crippen LogP contribution in [0.2, 0.25) is 0 Å². The number of nitrogens with one attached hydrogen (secondary N) is 1. The van der Waals surface area contributed by atoms with Gasteiger partial charge in [-0.2, -0.15) is 0 Å². The quantitative estimate of drug-likeness (QED) is 0.806. The van der Waals surface area contributed by atoms with Gasteiger partial charge in [0.15, 0.2) is 0 Å². The van der Waals surface area contributed by atoms with Crippen LogP contribution >= 0.6 is 11.3 Å². The molecule has 0 fully saturated rings. The fourth-order valence-corrected chi connectivity index (χ4v) is 2.68. The number of rotatable bonds is 3. The van der Waals surface area contributed by atoms with E-state index < -0.39 is 0 Å². The average Bonchev–Trinajstić information content (AvgIpc) is 3.13. The minimum Gasteiger partial charge on any atom is -0.337 e. The van der Waals surface area contributed by atoms with Crippen LogP contribution in [-0.4, -0.2) is 27.1 Å². The molecule has 1 amide bonds. The Balaban J connectivity index is 1.96. The Hall–Kier alpha value is -2.21. The lowest BCUT2D eigenvalue weighted by Gasteiger charge is -2.08. The maximum atomic E-state index is 12.2. The van der Waals surface area contributed by atoms with Crippen molar-refractivity contribution in [3.05, 3.63) is 36.2 Å². The van der Waals surface area contributed by atoms with E-state index in [-0.39, 0.29) is 6.03 Å². The molecule has 0 atom stereocenters. The number of nitrogens with zero attached hydrogens (tertiary/aromatic N) is 3. The van der Waals surface area contributed by atoms with Crippen LogP contribution in [0.25, 0.3) is 21.5 Å². The first-order valence-electron chi connectivity index (χ1n) is 6.79. The molecule has 3 aromatic rings. The zero-order chi connectivity index (χ0) is 14.8. The van der Waals surface area contributed by atoms with Crippen molar-refractivity contribution >= 4 is 28.4 Å². The van der Waals surface area contributed by atoms with E-state index in [0.717, 1.165) is 21.5 Å². The SMILES string of the molecule is CC(C)CNC(=O)n1cnc2ccc(-c3cncs3)cc21. The Kier molecular flexibility index (Phi) is 3.70. The van der Waals surface area contributed by atoms with Gasteiger partial charge >= 0.3 is 6.03 Å². The van der Waals surface area contributed by atoms with Gasteiger partial charge in [0.05, 0.1) is 21.4 Å². The van der Waals surface area contributed by atoms with Crippen molar-refractivity contribution in [3.63, 3.8) is 0 Å². The van der Waals surface area contributed by atoms with Gasteiger partial charge in [0.2, 0.25) is 0 Å². The second-order valence-corrected chi connectivity index (χ2v) is 6.15. The Morgan fingerprint density at radius 2 is 2.29 bits per heavy atom. The molecule has 0 saturated carbocycles. The molecule has 21 heavy (non-hydrogen) atoms. The van der Waals surface area contributed by atoms with E-state index in [1.807, 2.05) is 24.4 Å². The predicted octanol–water partition coefficient (Wildman–Crippen LogP) is 3.37. The zero-order valence-electron chi connectivity index (χ0n) is 11.9. The number of aromatic nitrogens is 3. The average molecular weight is 300 g/mol. The fraction of sp³-hybridized carbons (Fsp3) is 0.267. The second-order valence-electron chi connectivity index (χ2n) is 5.26. The summed E-state index contributed by atoms with van der Waals surface area (Å²) >= 11 is 1.57. The molecular weight excluding hydrogens is 284 g/mol. The van der Waals surface area contributed by atoms with E-state index >= 15 is 0 Å². The largest absolute Gasteiger partial charge is 0.337 e. The van der Waals surface area contributed by atoms with Crippen molar-refractivity contribution in [1.29, 1.82) is 0 Å². The van der Waals surface area contributed by atoms with Crippen molar-refractivity contribution in [2.75, 3.05) is 6.54 Å². The molecule has 6 heteroatoms. The molecule has 0 unspecified atom stereocenters. The van der Waals surface area contributed by atoms with E-state index in [2.05, 4.69) is 29.1 Å². The number of amides is 1. The Labute approximate surface area is 126 Å². The molecule has 0 saturated heterocycles. The van der Waals surface area contributed by atoms with Gasteiger partial charge in [-0.25, -0.2) is 9.78 Å². The van der Waals surface area contributed by atoms with Crippen LogP contribution in [0.1, 0.15) is 13.8 Å². The van der Waals surface area contributed by atoms with Crippen LogP contribution in [-0.2, 0) is 0 Å². The Morgan fingerprint density at radius 1 is 1.43 bits per heavy atom. The molecule has 0 bridgehead atoms. The van der Waals surface area contributed by atoms with Crippen LogP contribution in [0.5, 0.6) is 0 Å². The minimum absolute atomic E-state index is 0.146. The van der Waals surface area contributed by atoms with Crippen molar-refractivity contribution in [1.82, 2.24) is 19.9 Å². The normalized spacial score (nSPS) is 11.2. The third-order valence-corrected chi connectivity index (χ3v) is 3.97. The fourth-order valence-electron chi connectivity index (χ4n) is 2.06. The molecule has 1 N–H and O–H groups in total. The van der Waals surface area contributed by atoms with Crippen LogP contribution in [0.4, 0.5) is 4.79 Å². The molecule has 1 aromatic carbocycles. The first kappa shape index (κ1) is 13.8. The van der Waals surface area contributed by atoms with Crippen molar-refractivity contribution in [3.8, 4) is 10.4 Å². The third kappa shape index (κ3) is 2.80. The van der Waals surface area contributed by atoms with Gasteiger partial charge in [-0.1, -0.05) is 19.9 Å². The number of carbonyl (C=O) groups is 1. The van der Waals surface area contributed by atoms with E-state index in [9.17, 15) is 4.79 Å². The second kappa shape index (κ2) is 5.65. The molecule has 5 nitrogen and oxygen atoms in total. The number of thiazole rings is 1. The summed E-state index contributed by atoms with van der Waals surface area (Å²) in [5.74, 6) is 0.413. The summed E-state index contributed by atoms with van der Waals surface area (Å²) in [5, 5.41) is 2.91. The summed E-state index contributed by atoms with van der Waals surface area (Å²) in [4.78, 5) is 21.7. The Bertz CT molecular complexity index is 761. The monoisotopic (exact) mass is 300 g/mol. The lowest BCUT2D eigenvalue weighted by atomic mass is 10.2. The number of benzene rings is 1. The van der Waals surface area contributed by atoms with Gasteiger partial charge in [-0.3, -0.25) is 9.55 Å². The molecule has 0 spiro atoms. The molecule has 2 aromatic heterocycles. The molecular formula is C15H16N4OS. The highest BCUT2D eigenvalue weighted by Gasteiger charge is 2.11. The number of hydrogen-bond acceptors (Lipinski definition) is 4. The molecule has 3 rings (SSSR count). The first-order valence-corrected chi connectivity index (χ1v) is 7.67. The lowest BCUT2D eigenvalue weighted by molar-refractivity contribution is 0.242. The van der Waals surface area contributed by atoms with E-state index in [1.165, 1.54) is 0 Å². The topological polar surface area (TPSA) is 59.8 Å². The smallest absolute Gasteiger partial charge is 0.327 e. The van der Waals surface area contributed by atoms with Gasteiger partial charge in [0, 0.05) is 12.7 Å². The van der Waals surface area contributed by atoms with Crippen LogP contribution in [0, 0.1) is 5.92 Å². The van der Waals surface area contributed by atoms with E-state index in [4.69, 9.17) is 0 Å². The molecule has 0 radical (unpaired) electrons. The van der Waals surface area contributed by atoms with E-state index in [1.54, 1.807) is 27.7 Å². The predicted molar refractivity (Wildman–Crippen MR) is 84.5 cm³/mol. The molecule has 0 aliphatic rings. The van der Waals surface area contributed by atoms with Crippen LogP contribution < -0.4 is 5.32 Å². The molecule has 0 aliphatic carbocycles. The summed E-state index contributed by atoms with van der Waals surface area (Å²) in [5.41, 5.74) is 4.46. The molecule has 108 valence electrons. The number of carbonyl (C=O) groups excluding carboxylic acids is 1. The van der Waals surface area contributed by atoms with Gasteiger partial charge in [0.25, 0.3) is 0 Å². The lowest BCUT2D eigenvalue weighted by Crippen LogP contribution is -2.31. The van der Waals surface area contributed by atoms with Crippen molar-refractivity contribution in [2.24, 2.45) is 5.92 Å². The van der Waals surface area contributed by atoms with Gasteiger partial charge in [0.1, 0.15) is 6.33 Å². The first-order chi connectivity index (χ1) is 10.1. The summed E-state index contributed by atoms with van der Waals surface area (Å²) in [7, 11) is 0. The third-order valence-electron chi connectivity index (χ3n) is 3.14. The number of hydrogen-bond donors (Lipinski definition) is 1. The number of fused-ring (bicyclic) bond motifs is 1. The summed E-state index contributed by atoms with van der Waals surface area (Å²) in [6.45, 7) is 4.77. The minimum atomic E-state index is -0.146. The Morgan fingerprint density at radius 3 is 3.00 bits per heavy atom. The van der Waals surface area contributed by atoms with Gasteiger partial charge < -0.3 is 5.32 Å². The number of imidazole rings is 1. The van der Waals surface area contributed by atoms with Gasteiger partial charge in [-0.05, 0) is 23.6 Å². The highest BCUT2D eigenvalue weighted by molar-refractivity contribution is 7.13. The maximum absolute atomic E-state index is 12.2. The van der Waals surface area contributed by atoms with Crippen molar-refractivity contribution in [2.45, 2.75) is 13.8 Å². The zero-order valence-corrected chi connectivity index (χ0v) is 12.7. The maximum Gasteiger partial charge on any atom is 0.327 e. The standard InChI is InChI=1S/C15H16N4OS/c1-10(2)6-17-15(20)19-8-18-12-4-3-11(5-13(12)19)14-7-16-9-21-14/h3-5,7-10H,6H2,1-2H3,(H,17,20). The van der Waals surface area contributed by atoms with Crippen LogP contribution in [0.15, 0.2) is 36.2 Å². The summed E-state index contributed by atoms with van der Waals surface area (Å²) in [6, 6.07) is 5.76. The van der Waals surface area contributed by atoms with Crippen LogP contribution in [0.3, 0.4) is 0 Å².